The van der Waals surface area contributed by atoms with Gasteiger partial charge in [-0.05, 0) is 57.1 Å². The average molecular weight is 234 g/mol. The van der Waals surface area contributed by atoms with Gasteiger partial charge < -0.3 is 15.4 Å². The van der Waals surface area contributed by atoms with Crippen molar-refractivity contribution in [3.8, 4) is 5.75 Å². The summed E-state index contributed by atoms with van der Waals surface area (Å²) in [5, 5.41) is 0. The lowest BCUT2D eigenvalue weighted by atomic mass is 10.1. The van der Waals surface area contributed by atoms with E-state index in [4.69, 9.17) is 10.5 Å². The summed E-state index contributed by atoms with van der Waals surface area (Å²) in [7, 11) is 2.17. The Morgan fingerprint density at radius 1 is 1.35 bits per heavy atom. The van der Waals surface area contributed by atoms with Gasteiger partial charge in [0.2, 0.25) is 0 Å². The van der Waals surface area contributed by atoms with Crippen LogP contribution in [-0.2, 0) is 6.42 Å². The summed E-state index contributed by atoms with van der Waals surface area (Å²) in [6.45, 7) is 2.70. The van der Waals surface area contributed by atoms with E-state index in [0.717, 1.165) is 18.8 Å². The summed E-state index contributed by atoms with van der Waals surface area (Å²) in [5.41, 5.74) is 6.79. The third-order valence-electron chi connectivity index (χ3n) is 3.47. The zero-order valence-corrected chi connectivity index (χ0v) is 10.6. The number of hydrogen-bond acceptors (Lipinski definition) is 3. The van der Waals surface area contributed by atoms with Gasteiger partial charge in [-0.2, -0.15) is 0 Å². The van der Waals surface area contributed by atoms with Crippen molar-refractivity contribution in [3.63, 3.8) is 0 Å². The van der Waals surface area contributed by atoms with Crippen LogP contribution in [-0.4, -0.2) is 37.7 Å². The van der Waals surface area contributed by atoms with E-state index in [1.807, 2.05) is 12.1 Å². The minimum Gasteiger partial charge on any atom is -0.492 e. The van der Waals surface area contributed by atoms with Crippen LogP contribution < -0.4 is 10.5 Å². The maximum atomic E-state index is 5.82. The number of nitrogens with zero attached hydrogens (tertiary/aromatic N) is 1. The molecule has 1 heterocycles. The number of ether oxygens (including phenoxy) is 1. The van der Waals surface area contributed by atoms with Crippen molar-refractivity contribution in [1.82, 2.24) is 4.90 Å². The molecule has 1 atom stereocenters. The number of hydrogen-bond donors (Lipinski definition) is 1. The Labute approximate surface area is 104 Å². The molecule has 0 radical (unpaired) electrons. The fourth-order valence-electron chi connectivity index (χ4n) is 2.30. The molecule has 1 aromatic carbocycles. The highest BCUT2D eigenvalue weighted by Gasteiger charge is 2.21. The molecule has 0 aliphatic carbocycles. The molecule has 0 amide bonds. The summed E-state index contributed by atoms with van der Waals surface area (Å²) < 4.78 is 5.82. The van der Waals surface area contributed by atoms with Gasteiger partial charge in [0, 0.05) is 6.04 Å². The summed E-state index contributed by atoms with van der Waals surface area (Å²) in [6.07, 6.45) is 3.48. The molecule has 0 bridgehead atoms. The fraction of sp³-hybridized carbons (Fsp3) is 0.571. The van der Waals surface area contributed by atoms with E-state index in [1.165, 1.54) is 24.9 Å². The summed E-state index contributed by atoms with van der Waals surface area (Å²) in [4.78, 5) is 2.38. The van der Waals surface area contributed by atoms with Gasteiger partial charge in [-0.25, -0.2) is 0 Å². The molecule has 0 aromatic heterocycles. The van der Waals surface area contributed by atoms with Crippen molar-refractivity contribution in [2.45, 2.75) is 25.3 Å². The van der Waals surface area contributed by atoms with Crippen LogP contribution in [0.1, 0.15) is 18.4 Å². The molecule has 0 saturated carbocycles. The summed E-state index contributed by atoms with van der Waals surface area (Å²) >= 11 is 0. The second-order valence-corrected chi connectivity index (χ2v) is 4.77. The molecular formula is C14H22N2O. The number of likely N-dealkylation sites (N-methyl/N-ethyl adjacent to an activating group) is 1. The van der Waals surface area contributed by atoms with E-state index in [-0.39, 0.29) is 0 Å². The molecule has 1 aliphatic heterocycles. The zero-order valence-electron chi connectivity index (χ0n) is 10.6. The van der Waals surface area contributed by atoms with E-state index in [9.17, 15) is 0 Å². The van der Waals surface area contributed by atoms with Crippen molar-refractivity contribution in [3.05, 3.63) is 29.8 Å². The number of rotatable bonds is 5. The van der Waals surface area contributed by atoms with E-state index >= 15 is 0 Å². The number of likely N-dealkylation sites (tertiary alicyclic amines) is 1. The minimum atomic E-state index is 0.582. The molecule has 17 heavy (non-hydrogen) atoms. The van der Waals surface area contributed by atoms with Gasteiger partial charge in [0.1, 0.15) is 12.4 Å². The SMILES string of the molecule is CN1CCCC1COc1ccc(CCN)cc1. The van der Waals surface area contributed by atoms with Crippen molar-refractivity contribution < 1.29 is 4.74 Å². The van der Waals surface area contributed by atoms with Gasteiger partial charge in [0.05, 0.1) is 0 Å². The van der Waals surface area contributed by atoms with E-state index < -0.39 is 0 Å². The molecule has 2 rings (SSSR count). The predicted octanol–water partition coefficient (Wildman–Crippen LogP) is 1.66. The standard InChI is InChI=1S/C14H22N2O/c1-16-10-2-3-13(16)11-17-14-6-4-12(5-7-14)8-9-15/h4-7,13H,2-3,8-11,15H2,1H3. The minimum absolute atomic E-state index is 0.582. The summed E-state index contributed by atoms with van der Waals surface area (Å²) in [6, 6.07) is 8.86. The molecule has 1 aliphatic rings. The van der Waals surface area contributed by atoms with Crippen LogP contribution in [0.5, 0.6) is 5.75 Å². The Bertz CT molecular complexity index is 337. The smallest absolute Gasteiger partial charge is 0.119 e. The predicted molar refractivity (Wildman–Crippen MR) is 70.3 cm³/mol. The van der Waals surface area contributed by atoms with Gasteiger partial charge in [-0.15, -0.1) is 0 Å². The Morgan fingerprint density at radius 2 is 2.12 bits per heavy atom. The Kier molecular flexibility index (Phi) is 4.40. The number of nitrogens with two attached hydrogens (primary N) is 1. The molecule has 2 N–H and O–H groups in total. The highest BCUT2D eigenvalue weighted by molar-refractivity contribution is 5.27. The maximum absolute atomic E-state index is 5.82. The highest BCUT2D eigenvalue weighted by Crippen LogP contribution is 2.18. The topological polar surface area (TPSA) is 38.5 Å². The fourth-order valence-corrected chi connectivity index (χ4v) is 2.30. The molecule has 1 fully saturated rings. The molecule has 94 valence electrons. The second kappa shape index (κ2) is 6.03. The highest BCUT2D eigenvalue weighted by atomic mass is 16.5. The molecular weight excluding hydrogens is 212 g/mol. The Morgan fingerprint density at radius 3 is 2.71 bits per heavy atom. The lowest BCUT2D eigenvalue weighted by Gasteiger charge is -2.19. The van der Waals surface area contributed by atoms with Crippen LogP contribution in [0.15, 0.2) is 24.3 Å². The van der Waals surface area contributed by atoms with Crippen LogP contribution in [0, 0.1) is 0 Å². The Hall–Kier alpha value is -1.06. The van der Waals surface area contributed by atoms with Crippen LogP contribution in [0.4, 0.5) is 0 Å². The monoisotopic (exact) mass is 234 g/mol. The van der Waals surface area contributed by atoms with Crippen molar-refractivity contribution >= 4 is 0 Å². The normalized spacial score (nSPS) is 20.7. The van der Waals surface area contributed by atoms with Gasteiger partial charge >= 0.3 is 0 Å². The zero-order chi connectivity index (χ0) is 12.1. The van der Waals surface area contributed by atoms with Gasteiger partial charge in [0.25, 0.3) is 0 Å². The van der Waals surface area contributed by atoms with Gasteiger partial charge in [0.15, 0.2) is 0 Å². The van der Waals surface area contributed by atoms with E-state index in [0.29, 0.717) is 12.6 Å². The lowest BCUT2D eigenvalue weighted by molar-refractivity contribution is 0.198. The first-order valence-corrected chi connectivity index (χ1v) is 6.41. The van der Waals surface area contributed by atoms with E-state index in [1.54, 1.807) is 0 Å². The largest absolute Gasteiger partial charge is 0.492 e. The van der Waals surface area contributed by atoms with Gasteiger partial charge in [-0.1, -0.05) is 12.1 Å². The quantitative estimate of drug-likeness (QED) is 0.842. The van der Waals surface area contributed by atoms with Crippen LogP contribution in [0.25, 0.3) is 0 Å². The maximum Gasteiger partial charge on any atom is 0.119 e. The van der Waals surface area contributed by atoms with Crippen molar-refractivity contribution in [1.29, 1.82) is 0 Å². The molecule has 3 heteroatoms. The van der Waals surface area contributed by atoms with Crippen LogP contribution >= 0.6 is 0 Å². The first-order chi connectivity index (χ1) is 8.29. The van der Waals surface area contributed by atoms with Crippen molar-refractivity contribution in [2.24, 2.45) is 5.73 Å². The average Bonchev–Trinajstić information content (AvgIpc) is 2.75. The second-order valence-electron chi connectivity index (χ2n) is 4.77. The van der Waals surface area contributed by atoms with Gasteiger partial charge in [-0.3, -0.25) is 0 Å². The van der Waals surface area contributed by atoms with Crippen LogP contribution in [0.3, 0.4) is 0 Å². The first kappa shape index (κ1) is 12.4. The molecule has 3 nitrogen and oxygen atoms in total. The Balaban J connectivity index is 1.82. The van der Waals surface area contributed by atoms with Crippen LogP contribution in [0.2, 0.25) is 0 Å². The lowest BCUT2D eigenvalue weighted by Crippen LogP contribution is -2.30. The molecule has 1 saturated heterocycles. The third-order valence-corrected chi connectivity index (χ3v) is 3.47. The summed E-state index contributed by atoms with van der Waals surface area (Å²) in [5.74, 6) is 0.964. The van der Waals surface area contributed by atoms with E-state index in [2.05, 4.69) is 24.1 Å². The number of benzene rings is 1. The first-order valence-electron chi connectivity index (χ1n) is 6.41. The third kappa shape index (κ3) is 3.45. The molecule has 1 aromatic rings. The molecule has 0 spiro atoms. The molecule has 1 unspecified atom stereocenters. The van der Waals surface area contributed by atoms with Crippen molar-refractivity contribution in [2.75, 3.05) is 26.7 Å².